The third-order valence-corrected chi connectivity index (χ3v) is 5.66. The topological polar surface area (TPSA) is 23.5 Å². The number of aliphatic hydroxyl groups is 1. The zero-order valence-electron chi connectivity index (χ0n) is 15.3. The molecule has 1 fully saturated rings. The van der Waals surface area contributed by atoms with Gasteiger partial charge in [-0.1, -0.05) is 79.9 Å². The Hall–Kier alpha value is -1.64. The lowest BCUT2D eigenvalue weighted by Crippen LogP contribution is -2.44. The maximum Gasteiger partial charge on any atom is 0.0721 e. The highest BCUT2D eigenvalue weighted by atomic mass is 16.3. The van der Waals surface area contributed by atoms with Gasteiger partial charge in [-0.2, -0.15) is 0 Å². The summed E-state index contributed by atoms with van der Waals surface area (Å²) >= 11 is 0. The smallest absolute Gasteiger partial charge is 0.0721 e. The first-order valence-corrected chi connectivity index (χ1v) is 9.74. The van der Waals surface area contributed by atoms with Crippen LogP contribution < -0.4 is 0 Å². The molecule has 0 saturated heterocycles. The van der Waals surface area contributed by atoms with E-state index in [4.69, 9.17) is 0 Å². The van der Waals surface area contributed by atoms with Gasteiger partial charge in [0.2, 0.25) is 0 Å². The van der Waals surface area contributed by atoms with Gasteiger partial charge in [-0.25, -0.2) is 0 Å². The van der Waals surface area contributed by atoms with Crippen LogP contribution in [0.25, 0.3) is 0 Å². The molecule has 0 heterocycles. The normalized spacial score (nSPS) is 18.2. The quantitative estimate of drug-likeness (QED) is 0.767. The van der Waals surface area contributed by atoms with Gasteiger partial charge in [0.15, 0.2) is 0 Å². The van der Waals surface area contributed by atoms with Crippen molar-refractivity contribution in [2.45, 2.75) is 64.3 Å². The molecular formula is C23H31NO. The molecule has 1 aliphatic rings. The first-order chi connectivity index (χ1) is 12.2. The standard InChI is InChI=1S/C23H31NO/c1-19(23(25)22-15-9-4-10-16-22)24(17-20-11-5-2-6-12-20)18-21-13-7-3-8-14-21/h2-3,5-8,11-14,19,22-23,25H,4,9-10,15-18H2,1H3/t19-,23+/m1/s1. The van der Waals surface area contributed by atoms with Crippen molar-refractivity contribution in [1.29, 1.82) is 0 Å². The fourth-order valence-corrected chi connectivity index (χ4v) is 4.07. The molecule has 3 rings (SSSR count). The lowest BCUT2D eigenvalue weighted by Gasteiger charge is -2.37. The lowest BCUT2D eigenvalue weighted by atomic mass is 9.82. The summed E-state index contributed by atoms with van der Waals surface area (Å²) in [7, 11) is 0. The summed E-state index contributed by atoms with van der Waals surface area (Å²) in [5.74, 6) is 0.456. The molecule has 134 valence electrons. The first-order valence-electron chi connectivity index (χ1n) is 9.74. The largest absolute Gasteiger partial charge is 0.391 e. The van der Waals surface area contributed by atoms with Crippen LogP contribution in [0.4, 0.5) is 0 Å². The molecule has 0 spiro atoms. The summed E-state index contributed by atoms with van der Waals surface area (Å²) in [4.78, 5) is 2.43. The van der Waals surface area contributed by atoms with Gasteiger partial charge in [-0.3, -0.25) is 4.90 Å². The van der Waals surface area contributed by atoms with Gasteiger partial charge >= 0.3 is 0 Å². The average molecular weight is 338 g/mol. The molecule has 0 bridgehead atoms. The number of hydrogen-bond acceptors (Lipinski definition) is 2. The van der Waals surface area contributed by atoms with Crippen molar-refractivity contribution in [3.63, 3.8) is 0 Å². The van der Waals surface area contributed by atoms with Crippen molar-refractivity contribution in [3.8, 4) is 0 Å². The first kappa shape index (κ1) is 18.2. The summed E-state index contributed by atoms with van der Waals surface area (Å²) in [6, 6.07) is 21.4. The average Bonchev–Trinajstić information content (AvgIpc) is 2.68. The minimum absolute atomic E-state index is 0.156. The zero-order chi connectivity index (χ0) is 17.5. The molecule has 2 atom stereocenters. The van der Waals surface area contributed by atoms with Gasteiger partial charge in [0.1, 0.15) is 0 Å². The molecule has 1 saturated carbocycles. The van der Waals surface area contributed by atoms with Crippen molar-refractivity contribution in [3.05, 3.63) is 71.8 Å². The van der Waals surface area contributed by atoms with Crippen molar-refractivity contribution in [1.82, 2.24) is 4.90 Å². The van der Waals surface area contributed by atoms with Crippen LogP contribution in [0.3, 0.4) is 0 Å². The van der Waals surface area contributed by atoms with E-state index >= 15 is 0 Å². The van der Waals surface area contributed by atoms with Crippen LogP contribution in [0, 0.1) is 5.92 Å². The minimum Gasteiger partial charge on any atom is -0.391 e. The van der Waals surface area contributed by atoms with E-state index < -0.39 is 0 Å². The van der Waals surface area contributed by atoms with Gasteiger partial charge in [0.25, 0.3) is 0 Å². The summed E-state index contributed by atoms with van der Waals surface area (Å²) < 4.78 is 0. The van der Waals surface area contributed by atoms with Crippen molar-refractivity contribution in [2.24, 2.45) is 5.92 Å². The molecule has 2 aromatic carbocycles. The summed E-state index contributed by atoms with van der Waals surface area (Å²) in [5.41, 5.74) is 2.61. The van der Waals surface area contributed by atoms with Crippen molar-refractivity contribution < 1.29 is 5.11 Å². The third-order valence-electron chi connectivity index (χ3n) is 5.66. The molecule has 25 heavy (non-hydrogen) atoms. The van der Waals surface area contributed by atoms with E-state index in [1.807, 2.05) is 0 Å². The Balaban J connectivity index is 1.74. The van der Waals surface area contributed by atoms with Crippen molar-refractivity contribution >= 4 is 0 Å². The molecule has 1 aliphatic carbocycles. The predicted octanol–water partition coefficient (Wildman–Crippen LogP) is 5.02. The number of nitrogens with zero attached hydrogens (tertiary/aromatic N) is 1. The SMILES string of the molecule is C[C@H]([C@H](O)C1CCCCC1)N(Cc1ccccc1)Cc1ccccc1. The maximum absolute atomic E-state index is 11.0. The van der Waals surface area contributed by atoms with Gasteiger partial charge in [0, 0.05) is 19.1 Å². The van der Waals surface area contributed by atoms with E-state index in [1.165, 1.54) is 43.2 Å². The van der Waals surface area contributed by atoms with Gasteiger partial charge in [0.05, 0.1) is 6.10 Å². The van der Waals surface area contributed by atoms with E-state index in [-0.39, 0.29) is 12.1 Å². The monoisotopic (exact) mass is 337 g/mol. The number of benzene rings is 2. The van der Waals surface area contributed by atoms with Gasteiger partial charge in [-0.15, -0.1) is 0 Å². The van der Waals surface area contributed by atoms with Crippen molar-refractivity contribution in [2.75, 3.05) is 0 Å². The summed E-state index contributed by atoms with van der Waals surface area (Å²) in [6.45, 7) is 3.95. The maximum atomic E-state index is 11.0. The molecular weight excluding hydrogens is 306 g/mol. The molecule has 1 N–H and O–H groups in total. The highest BCUT2D eigenvalue weighted by Gasteiger charge is 2.30. The van der Waals surface area contributed by atoms with Gasteiger partial charge < -0.3 is 5.11 Å². The highest BCUT2D eigenvalue weighted by molar-refractivity contribution is 5.17. The Kier molecular flexibility index (Phi) is 6.66. The number of hydrogen-bond donors (Lipinski definition) is 1. The Morgan fingerprint density at radius 3 is 1.80 bits per heavy atom. The second-order valence-corrected chi connectivity index (χ2v) is 7.51. The molecule has 2 aromatic rings. The second kappa shape index (κ2) is 9.17. The fraction of sp³-hybridized carbons (Fsp3) is 0.478. The van der Waals surface area contributed by atoms with Crippen LogP contribution in [0.1, 0.15) is 50.2 Å². The molecule has 0 aliphatic heterocycles. The molecule has 0 unspecified atom stereocenters. The second-order valence-electron chi connectivity index (χ2n) is 7.51. The highest BCUT2D eigenvalue weighted by Crippen LogP contribution is 2.30. The Morgan fingerprint density at radius 1 is 0.840 bits per heavy atom. The van der Waals surface area contributed by atoms with E-state index in [2.05, 4.69) is 72.5 Å². The summed E-state index contributed by atoms with van der Waals surface area (Å²) in [6.07, 6.45) is 5.98. The Morgan fingerprint density at radius 2 is 1.32 bits per heavy atom. The van der Waals surface area contributed by atoms with Crippen LogP contribution in [0.2, 0.25) is 0 Å². The number of rotatable bonds is 7. The van der Waals surface area contributed by atoms with Crippen LogP contribution in [0.5, 0.6) is 0 Å². The predicted molar refractivity (Wildman–Crippen MR) is 104 cm³/mol. The van der Waals surface area contributed by atoms with E-state index in [1.54, 1.807) is 0 Å². The van der Waals surface area contributed by atoms with E-state index in [9.17, 15) is 5.11 Å². The molecule has 0 aromatic heterocycles. The van der Waals surface area contributed by atoms with E-state index in [0.717, 1.165) is 13.1 Å². The van der Waals surface area contributed by atoms with Crippen LogP contribution in [-0.2, 0) is 13.1 Å². The summed E-state index contributed by atoms with van der Waals surface area (Å²) in [5, 5.41) is 11.0. The molecule has 0 amide bonds. The minimum atomic E-state index is -0.243. The van der Waals surface area contributed by atoms with Crippen LogP contribution >= 0.6 is 0 Å². The van der Waals surface area contributed by atoms with Crippen LogP contribution in [0.15, 0.2) is 60.7 Å². The number of aliphatic hydroxyl groups excluding tert-OH is 1. The van der Waals surface area contributed by atoms with E-state index in [0.29, 0.717) is 5.92 Å². The molecule has 2 nitrogen and oxygen atoms in total. The van der Waals surface area contributed by atoms with Crippen LogP contribution in [-0.4, -0.2) is 22.2 Å². The molecule has 2 heteroatoms. The lowest BCUT2D eigenvalue weighted by molar-refractivity contribution is -0.000858. The molecule has 0 radical (unpaired) electrons. The van der Waals surface area contributed by atoms with Gasteiger partial charge in [-0.05, 0) is 36.8 Å². The fourth-order valence-electron chi connectivity index (χ4n) is 4.07. The third kappa shape index (κ3) is 5.17. The Bertz CT molecular complexity index is 565. The zero-order valence-corrected chi connectivity index (χ0v) is 15.3. The Labute approximate surface area is 152 Å².